The highest BCUT2D eigenvalue weighted by atomic mass is 32.1. The summed E-state index contributed by atoms with van der Waals surface area (Å²) < 4.78 is 109. The number of hydrogen-bond acceptors (Lipinski definition) is 9. The van der Waals surface area contributed by atoms with Gasteiger partial charge in [-0.1, -0.05) is 12.1 Å². The number of ether oxygens (including phenoxy) is 1. The molecule has 4 aromatic rings. The SMILES string of the molecule is [C-]#[N+]C[C@H]1CN(c2nc(OC[C@@]34CCCN3C[C@H](F)C4)nc3c(F)c(-c4cccc(F)c4C(F)(F)F)ncc23)CCN1C(=O)/C(F)=C/c1nccs1. The Hall–Kier alpha value is -4.89. The maximum Gasteiger partial charge on any atom is 0.419 e. The molecule has 0 N–H and O–H groups in total. The van der Waals surface area contributed by atoms with Gasteiger partial charge in [0, 0.05) is 62.0 Å². The number of aromatic nitrogens is 4. The number of piperazine rings is 1. The fraction of sp³-hybridized carbons (Fsp3) is 0.412. The molecule has 3 aliphatic heterocycles. The van der Waals surface area contributed by atoms with Gasteiger partial charge in [0.05, 0.1) is 10.9 Å². The first-order valence-electron chi connectivity index (χ1n) is 16.3. The van der Waals surface area contributed by atoms with Crippen LogP contribution in [0, 0.1) is 18.2 Å². The number of fused-ring (bicyclic) bond motifs is 2. The summed E-state index contributed by atoms with van der Waals surface area (Å²) in [7, 11) is 0. The zero-order valence-corrected chi connectivity index (χ0v) is 28.0. The number of pyridine rings is 1. The molecular formula is C34H29F7N8O2S. The number of thiazole rings is 1. The Labute approximate surface area is 296 Å². The number of carbonyl (C=O) groups is 1. The normalized spacial score (nSPS) is 22.5. The van der Waals surface area contributed by atoms with E-state index in [0.29, 0.717) is 19.0 Å². The molecule has 7 rings (SSSR count). The third kappa shape index (κ3) is 6.62. The highest BCUT2D eigenvalue weighted by molar-refractivity contribution is 7.10. The van der Waals surface area contributed by atoms with E-state index < -0.39 is 69.6 Å². The lowest BCUT2D eigenvalue weighted by atomic mass is 9.95. The molecule has 0 unspecified atom stereocenters. The predicted octanol–water partition coefficient (Wildman–Crippen LogP) is 6.35. The fourth-order valence-corrected chi connectivity index (χ4v) is 7.92. The number of rotatable bonds is 8. The van der Waals surface area contributed by atoms with Crippen molar-refractivity contribution in [1.29, 1.82) is 0 Å². The van der Waals surface area contributed by atoms with Crippen LogP contribution in [0.1, 0.15) is 29.8 Å². The molecule has 1 aromatic carbocycles. The van der Waals surface area contributed by atoms with Gasteiger partial charge in [-0.15, -0.1) is 11.3 Å². The standard InChI is InChI=1S/C34H29F7N8O2S/c1-42-14-20-17-47(9-10-49(20)31(50)24(37)12-25-43-7-11-52-25)30-22-15-44-28(21-4-2-5-23(36)26(21)34(39,40)41)27(38)29(22)45-32(46-30)51-18-33-6-3-8-48(33)16-19(35)13-33/h2,4-5,7,11-12,15,19-20H,3,6,8-10,13-14,16-18H2/b24-12-/t19-,20+,33+/m1/s1. The van der Waals surface area contributed by atoms with Gasteiger partial charge in [-0.05, 0) is 25.5 Å². The molecule has 6 heterocycles. The summed E-state index contributed by atoms with van der Waals surface area (Å²) in [5.74, 6) is -4.90. The van der Waals surface area contributed by atoms with Crippen molar-refractivity contribution >= 4 is 40.0 Å². The van der Waals surface area contributed by atoms with Crippen LogP contribution in [0.2, 0.25) is 0 Å². The molecule has 0 radical (unpaired) electrons. The number of alkyl halides is 4. The Bertz CT molecular complexity index is 2080. The number of nitrogens with zero attached hydrogens (tertiary/aromatic N) is 8. The Morgan fingerprint density at radius 2 is 1.98 bits per heavy atom. The molecule has 18 heteroatoms. The number of amides is 1. The molecule has 0 bridgehead atoms. The summed E-state index contributed by atoms with van der Waals surface area (Å²) in [4.78, 5) is 38.1. The molecule has 272 valence electrons. The van der Waals surface area contributed by atoms with Gasteiger partial charge in [0.1, 0.15) is 52.2 Å². The van der Waals surface area contributed by atoms with Crippen molar-refractivity contribution in [1.82, 2.24) is 29.7 Å². The fourth-order valence-electron chi connectivity index (χ4n) is 7.36. The second-order valence-electron chi connectivity index (χ2n) is 12.8. The Kier molecular flexibility index (Phi) is 9.50. The first-order chi connectivity index (χ1) is 24.9. The van der Waals surface area contributed by atoms with Crippen molar-refractivity contribution in [2.75, 3.05) is 50.8 Å². The van der Waals surface area contributed by atoms with Gasteiger partial charge >= 0.3 is 12.2 Å². The molecule has 3 fully saturated rings. The van der Waals surface area contributed by atoms with Crippen molar-refractivity contribution in [3.8, 4) is 17.3 Å². The van der Waals surface area contributed by atoms with E-state index in [9.17, 15) is 26.7 Å². The summed E-state index contributed by atoms with van der Waals surface area (Å²) in [6.07, 6.45) is -1.07. The molecule has 52 heavy (non-hydrogen) atoms. The molecule has 3 aliphatic rings. The zero-order valence-electron chi connectivity index (χ0n) is 27.2. The Balaban J connectivity index is 1.28. The summed E-state index contributed by atoms with van der Waals surface area (Å²) in [6, 6.07) is 1.31. The minimum absolute atomic E-state index is 0.0169. The molecule has 10 nitrogen and oxygen atoms in total. The first-order valence-corrected chi connectivity index (χ1v) is 17.2. The van der Waals surface area contributed by atoms with Gasteiger partial charge in [0.2, 0.25) is 6.54 Å². The smallest absolute Gasteiger partial charge is 0.419 e. The van der Waals surface area contributed by atoms with Crippen LogP contribution in [0.4, 0.5) is 36.6 Å². The van der Waals surface area contributed by atoms with Gasteiger partial charge in [0.25, 0.3) is 5.91 Å². The zero-order chi connectivity index (χ0) is 36.8. The lowest BCUT2D eigenvalue weighted by Crippen LogP contribution is -2.56. The van der Waals surface area contributed by atoms with Gasteiger partial charge in [-0.25, -0.2) is 29.1 Å². The maximum absolute atomic E-state index is 16.5. The van der Waals surface area contributed by atoms with E-state index in [2.05, 4.69) is 24.8 Å². The molecule has 0 spiro atoms. The highest BCUT2D eigenvalue weighted by Gasteiger charge is 2.49. The van der Waals surface area contributed by atoms with E-state index in [-0.39, 0.29) is 68.0 Å². The van der Waals surface area contributed by atoms with Crippen molar-refractivity contribution in [2.24, 2.45) is 0 Å². The van der Waals surface area contributed by atoms with Crippen LogP contribution in [-0.2, 0) is 11.0 Å². The summed E-state index contributed by atoms with van der Waals surface area (Å²) in [5, 5.41) is 1.86. The lowest BCUT2D eigenvalue weighted by molar-refractivity contribution is -0.139. The predicted molar refractivity (Wildman–Crippen MR) is 177 cm³/mol. The van der Waals surface area contributed by atoms with Gasteiger partial charge < -0.3 is 19.4 Å². The minimum atomic E-state index is -5.18. The molecule has 3 aromatic heterocycles. The Morgan fingerprint density at radius 1 is 1.15 bits per heavy atom. The number of benzene rings is 1. The van der Waals surface area contributed by atoms with Crippen LogP contribution in [-0.4, -0.2) is 99.3 Å². The highest BCUT2D eigenvalue weighted by Crippen LogP contribution is 2.42. The second-order valence-corrected chi connectivity index (χ2v) is 13.8. The molecule has 0 saturated carbocycles. The molecule has 3 atom stereocenters. The maximum atomic E-state index is 16.5. The molecule has 3 saturated heterocycles. The summed E-state index contributed by atoms with van der Waals surface area (Å²) in [5.41, 5.74) is -4.47. The van der Waals surface area contributed by atoms with Crippen LogP contribution in [0.15, 0.2) is 41.8 Å². The van der Waals surface area contributed by atoms with Gasteiger partial charge in [-0.2, -0.15) is 23.1 Å². The number of anilines is 1. The monoisotopic (exact) mass is 746 g/mol. The van der Waals surface area contributed by atoms with Gasteiger partial charge in [0.15, 0.2) is 11.6 Å². The Morgan fingerprint density at radius 3 is 2.73 bits per heavy atom. The van der Waals surface area contributed by atoms with E-state index >= 15 is 8.78 Å². The third-order valence-corrected chi connectivity index (χ3v) is 10.4. The molecular weight excluding hydrogens is 717 g/mol. The average Bonchev–Trinajstić information content (AvgIpc) is 3.83. The topological polar surface area (TPSA) is 91.9 Å². The number of carbonyl (C=O) groups excluding carboxylic acids is 1. The van der Waals surface area contributed by atoms with Gasteiger partial charge in [-0.3, -0.25) is 14.7 Å². The van der Waals surface area contributed by atoms with Crippen LogP contribution in [0.3, 0.4) is 0 Å². The largest absolute Gasteiger partial charge is 0.461 e. The molecule has 1 amide bonds. The number of halogens is 7. The van der Waals surface area contributed by atoms with Crippen molar-refractivity contribution in [3.05, 3.63) is 75.4 Å². The van der Waals surface area contributed by atoms with Crippen LogP contribution < -0.4 is 9.64 Å². The lowest BCUT2D eigenvalue weighted by Gasteiger charge is -2.39. The van der Waals surface area contributed by atoms with E-state index in [0.717, 1.165) is 42.2 Å². The third-order valence-electron chi connectivity index (χ3n) is 9.68. The van der Waals surface area contributed by atoms with Crippen molar-refractivity contribution in [2.45, 2.75) is 43.2 Å². The minimum Gasteiger partial charge on any atom is -0.461 e. The number of hydrogen-bond donors (Lipinski definition) is 0. The summed E-state index contributed by atoms with van der Waals surface area (Å²) >= 11 is 1.13. The van der Waals surface area contributed by atoms with Crippen LogP contribution in [0.25, 0.3) is 33.1 Å². The second kappa shape index (κ2) is 13.9. The summed E-state index contributed by atoms with van der Waals surface area (Å²) in [6.45, 7) is 7.99. The average molecular weight is 747 g/mol. The molecule has 0 aliphatic carbocycles. The van der Waals surface area contributed by atoms with E-state index in [1.54, 1.807) is 10.3 Å². The van der Waals surface area contributed by atoms with E-state index in [1.807, 2.05) is 4.90 Å². The van der Waals surface area contributed by atoms with E-state index in [1.165, 1.54) is 11.1 Å². The van der Waals surface area contributed by atoms with E-state index in [4.69, 9.17) is 11.3 Å². The van der Waals surface area contributed by atoms with Crippen LogP contribution in [0.5, 0.6) is 6.01 Å². The van der Waals surface area contributed by atoms with Crippen molar-refractivity contribution < 1.29 is 40.3 Å². The van der Waals surface area contributed by atoms with Crippen LogP contribution >= 0.6 is 11.3 Å². The first kappa shape index (κ1) is 35.5. The quantitative estimate of drug-likeness (QED) is 0.117. The van der Waals surface area contributed by atoms with Crippen molar-refractivity contribution in [3.63, 3.8) is 0 Å².